The Morgan fingerprint density at radius 1 is 1.14 bits per heavy atom. The molecule has 0 aromatic heterocycles. The predicted molar refractivity (Wildman–Crippen MR) is 110 cm³/mol. The highest BCUT2D eigenvalue weighted by molar-refractivity contribution is 5.95. The van der Waals surface area contributed by atoms with Crippen LogP contribution in [0.5, 0.6) is 5.75 Å². The molecule has 0 atom stereocenters. The first-order chi connectivity index (χ1) is 13.6. The van der Waals surface area contributed by atoms with E-state index in [4.69, 9.17) is 4.74 Å². The van der Waals surface area contributed by atoms with Gasteiger partial charge in [-0.25, -0.2) is 0 Å². The van der Waals surface area contributed by atoms with E-state index in [0.29, 0.717) is 25.9 Å². The first-order valence-corrected chi connectivity index (χ1v) is 9.51. The highest BCUT2D eigenvalue weighted by Gasteiger charge is 2.21. The van der Waals surface area contributed by atoms with Crippen LogP contribution in [0, 0.1) is 0 Å². The molecule has 2 aromatic carbocycles. The number of carbonyl (C=O) groups excluding carboxylic acids is 2. The minimum absolute atomic E-state index is 0.0423. The Balaban J connectivity index is 1.64. The lowest BCUT2D eigenvalue weighted by atomic mass is 10.1. The molecule has 5 nitrogen and oxygen atoms in total. The third kappa shape index (κ3) is 4.80. The van der Waals surface area contributed by atoms with Gasteiger partial charge in [0, 0.05) is 31.7 Å². The van der Waals surface area contributed by atoms with Crippen molar-refractivity contribution in [3.8, 4) is 5.75 Å². The number of rotatable bonds is 8. The van der Waals surface area contributed by atoms with Gasteiger partial charge in [0.05, 0.1) is 13.5 Å². The zero-order valence-corrected chi connectivity index (χ0v) is 16.3. The van der Waals surface area contributed by atoms with Crippen molar-refractivity contribution in [1.82, 2.24) is 4.90 Å². The summed E-state index contributed by atoms with van der Waals surface area (Å²) in [7, 11) is 1.63. The van der Waals surface area contributed by atoms with E-state index in [2.05, 4.69) is 6.58 Å². The van der Waals surface area contributed by atoms with E-state index in [1.54, 1.807) is 23.0 Å². The number of methoxy groups -OCH3 is 1. The van der Waals surface area contributed by atoms with Crippen LogP contribution in [-0.4, -0.2) is 36.9 Å². The molecule has 1 fully saturated rings. The van der Waals surface area contributed by atoms with E-state index in [-0.39, 0.29) is 11.8 Å². The molecule has 0 spiro atoms. The van der Waals surface area contributed by atoms with Crippen molar-refractivity contribution in [2.45, 2.75) is 25.8 Å². The molecule has 146 valence electrons. The number of amides is 2. The van der Waals surface area contributed by atoms with Crippen LogP contribution in [0.4, 0.5) is 5.69 Å². The summed E-state index contributed by atoms with van der Waals surface area (Å²) < 4.78 is 5.18. The average molecular weight is 378 g/mol. The third-order valence-electron chi connectivity index (χ3n) is 4.91. The van der Waals surface area contributed by atoms with Gasteiger partial charge < -0.3 is 14.5 Å². The number of benzene rings is 2. The first-order valence-electron chi connectivity index (χ1n) is 9.51. The number of carbonyl (C=O) groups is 2. The molecule has 0 unspecified atom stereocenters. The lowest BCUT2D eigenvalue weighted by Crippen LogP contribution is -2.32. The van der Waals surface area contributed by atoms with Crippen LogP contribution < -0.4 is 9.64 Å². The lowest BCUT2D eigenvalue weighted by Gasteiger charge is -2.22. The van der Waals surface area contributed by atoms with E-state index >= 15 is 0 Å². The van der Waals surface area contributed by atoms with Gasteiger partial charge in [0.2, 0.25) is 11.8 Å². The monoisotopic (exact) mass is 378 g/mol. The van der Waals surface area contributed by atoms with E-state index in [1.165, 1.54) is 0 Å². The van der Waals surface area contributed by atoms with Gasteiger partial charge in [-0.15, -0.1) is 6.58 Å². The summed E-state index contributed by atoms with van der Waals surface area (Å²) in [5.41, 5.74) is 2.88. The van der Waals surface area contributed by atoms with Crippen LogP contribution in [-0.2, 0) is 22.6 Å². The number of ether oxygens (including phenoxy) is 1. The Labute approximate surface area is 166 Å². The standard InChI is InChI=1S/C23H26N2O3/c1-3-14-24(17-19-8-12-21(28-2)13-9-19)23(27)16-18-6-10-20(11-7-18)25-15-4-5-22(25)26/h3,6-13H,1,4-5,14-17H2,2H3. The first kappa shape index (κ1) is 19.7. The normalized spacial score (nSPS) is 13.5. The highest BCUT2D eigenvalue weighted by atomic mass is 16.5. The van der Waals surface area contributed by atoms with Crippen LogP contribution >= 0.6 is 0 Å². The summed E-state index contributed by atoms with van der Waals surface area (Å²) in [5.74, 6) is 1.00. The smallest absolute Gasteiger partial charge is 0.227 e. The largest absolute Gasteiger partial charge is 0.497 e. The van der Waals surface area contributed by atoms with Crippen LogP contribution in [0.25, 0.3) is 0 Å². The summed E-state index contributed by atoms with van der Waals surface area (Å²) in [6.45, 7) is 5.55. The van der Waals surface area contributed by atoms with E-state index < -0.39 is 0 Å². The molecule has 2 aromatic rings. The molecule has 0 bridgehead atoms. The molecule has 2 amide bonds. The van der Waals surface area contributed by atoms with Gasteiger partial charge in [-0.1, -0.05) is 30.3 Å². The Bertz CT molecular complexity index is 828. The molecule has 1 heterocycles. The van der Waals surface area contributed by atoms with Gasteiger partial charge in [-0.2, -0.15) is 0 Å². The molecule has 5 heteroatoms. The summed E-state index contributed by atoms with van der Waals surface area (Å²) in [6, 6.07) is 15.4. The predicted octanol–water partition coefficient (Wildman–Crippen LogP) is 3.58. The van der Waals surface area contributed by atoms with Crippen LogP contribution in [0.15, 0.2) is 61.2 Å². The van der Waals surface area contributed by atoms with Gasteiger partial charge in [0.15, 0.2) is 0 Å². The van der Waals surface area contributed by atoms with Crippen molar-refractivity contribution >= 4 is 17.5 Å². The fourth-order valence-electron chi connectivity index (χ4n) is 3.36. The van der Waals surface area contributed by atoms with Crippen molar-refractivity contribution in [1.29, 1.82) is 0 Å². The molecule has 1 aliphatic rings. The summed E-state index contributed by atoms with van der Waals surface area (Å²) >= 11 is 0. The van der Waals surface area contributed by atoms with Crippen LogP contribution in [0.3, 0.4) is 0 Å². The molecule has 0 saturated carbocycles. The minimum atomic E-state index is 0.0423. The number of hydrogen-bond donors (Lipinski definition) is 0. The number of hydrogen-bond acceptors (Lipinski definition) is 3. The second-order valence-electron chi connectivity index (χ2n) is 6.90. The summed E-state index contributed by atoms with van der Waals surface area (Å²) in [4.78, 5) is 28.3. The van der Waals surface area contributed by atoms with E-state index in [1.807, 2.05) is 48.5 Å². The fraction of sp³-hybridized carbons (Fsp3) is 0.304. The molecule has 0 N–H and O–H groups in total. The summed E-state index contributed by atoms with van der Waals surface area (Å²) in [5, 5.41) is 0. The zero-order valence-electron chi connectivity index (χ0n) is 16.3. The van der Waals surface area contributed by atoms with Crippen LogP contribution in [0.1, 0.15) is 24.0 Å². The fourth-order valence-corrected chi connectivity index (χ4v) is 3.36. The Morgan fingerprint density at radius 3 is 2.39 bits per heavy atom. The van der Waals surface area contributed by atoms with Crippen molar-refractivity contribution in [3.05, 3.63) is 72.3 Å². The van der Waals surface area contributed by atoms with E-state index in [9.17, 15) is 9.59 Å². The molecule has 1 aliphatic heterocycles. The quantitative estimate of drug-likeness (QED) is 0.660. The maximum atomic E-state index is 12.8. The average Bonchev–Trinajstić information content (AvgIpc) is 3.14. The lowest BCUT2D eigenvalue weighted by molar-refractivity contribution is -0.130. The number of anilines is 1. The zero-order chi connectivity index (χ0) is 19.9. The second kappa shape index (κ2) is 9.22. The SMILES string of the molecule is C=CCN(Cc1ccc(OC)cc1)C(=O)Cc1ccc(N2CCCC2=O)cc1. The highest BCUT2D eigenvalue weighted by Crippen LogP contribution is 2.22. The molecule has 0 radical (unpaired) electrons. The Morgan fingerprint density at radius 2 is 1.82 bits per heavy atom. The molecular weight excluding hydrogens is 352 g/mol. The van der Waals surface area contributed by atoms with E-state index in [0.717, 1.165) is 35.5 Å². The molecule has 1 saturated heterocycles. The van der Waals surface area contributed by atoms with Crippen molar-refractivity contribution < 1.29 is 14.3 Å². The molecular formula is C23H26N2O3. The maximum absolute atomic E-state index is 12.8. The van der Waals surface area contributed by atoms with Crippen molar-refractivity contribution in [2.24, 2.45) is 0 Å². The molecule has 3 rings (SSSR count). The number of nitrogens with zero attached hydrogens (tertiary/aromatic N) is 2. The summed E-state index contributed by atoms with van der Waals surface area (Å²) in [6.07, 6.45) is 3.57. The second-order valence-corrected chi connectivity index (χ2v) is 6.90. The Kier molecular flexibility index (Phi) is 6.48. The van der Waals surface area contributed by atoms with Crippen LogP contribution in [0.2, 0.25) is 0 Å². The van der Waals surface area contributed by atoms with Gasteiger partial charge in [-0.3, -0.25) is 9.59 Å². The van der Waals surface area contributed by atoms with Crippen molar-refractivity contribution in [3.63, 3.8) is 0 Å². The Hall–Kier alpha value is -3.08. The van der Waals surface area contributed by atoms with Crippen molar-refractivity contribution in [2.75, 3.05) is 25.1 Å². The van der Waals surface area contributed by atoms with Gasteiger partial charge >= 0.3 is 0 Å². The van der Waals surface area contributed by atoms with Gasteiger partial charge in [0.25, 0.3) is 0 Å². The molecule has 0 aliphatic carbocycles. The van der Waals surface area contributed by atoms with Gasteiger partial charge in [0.1, 0.15) is 5.75 Å². The van der Waals surface area contributed by atoms with Gasteiger partial charge in [-0.05, 0) is 41.8 Å². The minimum Gasteiger partial charge on any atom is -0.497 e. The topological polar surface area (TPSA) is 49.9 Å². The third-order valence-corrected chi connectivity index (χ3v) is 4.91. The maximum Gasteiger partial charge on any atom is 0.227 e. The molecule has 28 heavy (non-hydrogen) atoms.